The van der Waals surface area contributed by atoms with Gasteiger partial charge in [-0.3, -0.25) is 0 Å². The minimum absolute atomic E-state index is 0.0521. The van der Waals surface area contributed by atoms with Crippen molar-refractivity contribution in [3.8, 4) is 0 Å². The van der Waals surface area contributed by atoms with E-state index in [2.05, 4.69) is 67.1 Å². The highest BCUT2D eigenvalue weighted by Crippen LogP contribution is 2.77. The summed E-state index contributed by atoms with van der Waals surface area (Å²) in [5, 5.41) is 11.0. The van der Waals surface area contributed by atoms with E-state index in [0.717, 1.165) is 30.1 Å². The van der Waals surface area contributed by atoms with Crippen LogP contribution in [0, 0.1) is 56.7 Å². The van der Waals surface area contributed by atoms with Crippen LogP contribution in [-0.4, -0.2) is 36.8 Å². The van der Waals surface area contributed by atoms with Crippen LogP contribution in [0.2, 0.25) is 0 Å². The van der Waals surface area contributed by atoms with Gasteiger partial charge in [0.25, 0.3) is 0 Å². The molecule has 5 fully saturated rings. The van der Waals surface area contributed by atoms with Crippen molar-refractivity contribution >= 4 is 0 Å². The summed E-state index contributed by atoms with van der Waals surface area (Å²) in [5.74, 6) is 3.89. The predicted octanol–water partition coefficient (Wildman–Crippen LogP) is 7.96. The molecular formula is C33H57NO. The molecule has 5 aliphatic carbocycles. The van der Waals surface area contributed by atoms with E-state index in [1.807, 2.05) is 0 Å². The summed E-state index contributed by atoms with van der Waals surface area (Å²) in [6, 6.07) is 0. The van der Waals surface area contributed by atoms with E-state index in [-0.39, 0.29) is 11.5 Å². The third-order valence-corrected chi connectivity index (χ3v) is 14.3. The minimum Gasteiger partial charge on any atom is -0.393 e. The highest BCUT2D eigenvalue weighted by atomic mass is 16.3. The van der Waals surface area contributed by atoms with Gasteiger partial charge in [0.05, 0.1) is 6.10 Å². The topological polar surface area (TPSA) is 23.5 Å². The lowest BCUT2D eigenvalue weighted by molar-refractivity contribution is -0.248. The van der Waals surface area contributed by atoms with E-state index in [0.29, 0.717) is 27.6 Å². The van der Waals surface area contributed by atoms with Crippen LogP contribution < -0.4 is 0 Å². The van der Waals surface area contributed by atoms with Crippen molar-refractivity contribution in [2.75, 3.05) is 20.6 Å². The smallest absolute Gasteiger partial charge is 0.0594 e. The van der Waals surface area contributed by atoms with Crippen LogP contribution in [0.3, 0.4) is 0 Å². The summed E-state index contributed by atoms with van der Waals surface area (Å²) in [7, 11) is 4.52. The van der Waals surface area contributed by atoms with Crippen LogP contribution in [0.4, 0.5) is 0 Å². The van der Waals surface area contributed by atoms with Crippen LogP contribution in [0.25, 0.3) is 0 Å². The molecule has 2 nitrogen and oxygen atoms in total. The van der Waals surface area contributed by atoms with Gasteiger partial charge in [0, 0.05) is 0 Å². The van der Waals surface area contributed by atoms with E-state index in [1.165, 1.54) is 76.3 Å². The van der Waals surface area contributed by atoms with Gasteiger partial charge in [-0.25, -0.2) is 0 Å². The van der Waals surface area contributed by atoms with Gasteiger partial charge in [0.15, 0.2) is 0 Å². The van der Waals surface area contributed by atoms with Crippen molar-refractivity contribution < 1.29 is 5.11 Å². The molecule has 5 aliphatic rings. The van der Waals surface area contributed by atoms with Crippen LogP contribution in [-0.2, 0) is 0 Å². The monoisotopic (exact) mass is 483 g/mol. The molecule has 0 bridgehead atoms. The first-order valence-corrected chi connectivity index (χ1v) is 15.2. The molecule has 2 heteroatoms. The molecule has 0 aliphatic heterocycles. The molecule has 35 heavy (non-hydrogen) atoms. The molecular weight excluding hydrogens is 426 g/mol. The number of hydrogen-bond acceptors (Lipinski definition) is 2. The molecule has 10 atom stereocenters. The molecule has 200 valence electrons. The molecule has 0 aromatic carbocycles. The van der Waals surface area contributed by atoms with Gasteiger partial charge in [0.1, 0.15) is 0 Å². The van der Waals surface area contributed by atoms with E-state index >= 15 is 0 Å². The summed E-state index contributed by atoms with van der Waals surface area (Å²) in [6.45, 7) is 21.1. The maximum absolute atomic E-state index is 11.0. The molecule has 5 rings (SSSR count). The maximum atomic E-state index is 11.0. The van der Waals surface area contributed by atoms with Crippen LogP contribution in [0.5, 0.6) is 0 Å². The normalized spacial score (nSPS) is 52.9. The third-order valence-electron chi connectivity index (χ3n) is 14.3. The molecule has 0 heterocycles. The van der Waals surface area contributed by atoms with Crippen molar-refractivity contribution in [1.82, 2.24) is 4.90 Å². The van der Waals surface area contributed by atoms with Gasteiger partial charge in [-0.1, -0.05) is 46.8 Å². The van der Waals surface area contributed by atoms with Crippen molar-refractivity contribution in [2.45, 2.75) is 118 Å². The fraction of sp³-hybridized carbons (Fsp3) is 0.939. The second kappa shape index (κ2) is 8.33. The molecule has 0 unspecified atom stereocenters. The van der Waals surface area contributed by atoms with E-state index < -0.39 is 0 Å². The van der Waals surface area contributed by atoms with Gasteiger partial charge < -0.3 is 10.0 Å². The number of fused-ring (bicyclic) bond motifs is 7. The van der Waals surface area contributed by atoms with Crippen molar-refractivity contribution in [3.05, 3.63) is 12.2 Å². The molecule has 0 radical (unpaired) electrons. The van der Waals surface area contributed by atoms with Crippen LogP contribution >= 0.6 is 0 Å². The highest BCUT2D eigenvalue weighted by molar-refractivity contribution is 5.21. The average molecular weight is 484 g/mol. The zero-order valence-corrected chi connectivity index (χ0v) is 24.6. The Bertz CT molecular complexity index is 846. The minimum atomic E-state index is -0.126. The predicted molar refractivity (Wildman–Crippen MR) is 148 cm³/mol. The Morgan fingerprint density at radius 1 is 0.829 bits per heavy atom. The van der Waals surface area contributed by atoms with E-state index in [4.69, 9.17) is 0 Å². The summed E-state index contributed by atoms with van der Waals surface area (Å²) in [5.41, 5.74) is 3.31. The summed E-state index contributed by atoms with van der Waals surface area (Å²) < 4.78 is 0. The summed E-state index contributed by atoms with van der Waals surface area (Å²) >= 11 is 0. The molecule has 0 aromatic heterocycles. The molecule has 5 saturated carbocycles. The lowest BCUT2D eigenvalue weighted by atomic mass is 9.32. The molecule has 0 aromatic rings. The Morgan fingerprint density at radius 2 is 1.54 bits per heavy atom. The largest absolute Gasteiger partial charge is 0.393 e. The molecule has 1 N–H and O–H groups in total. The zero-order chi connectivity index (χ0) is 25.6. The Labute approximate surface area is 217 Å². The Hall–Kier alpha value is -0.340. The van der Waals surface area contributed by atoms with E-state index in [9.17, 15) is 5.11 Å². The van der Waals surface area contributed by atoms with Gasteiger partial charge in [-0.15, -0.1) is 0 Å². The summed E-state index contributed by atoms with van der Waals surface area (Å²) in [6.07, 6.45) is 14.7. The molecule has 0 spiro atoms. The first kappa shape index (κ1) is 26.3. The summed E-state index contributed by atoms with van der Waals surface area (Å²) in [4.78, 5) is 2.42. The van der Waals surface area contributed by atoms with Crippen LogP contribution in [0.1, 0.15) is 112 Å². The lowest BCUT2D eigenvalue weighted by Gasteiger charge is -2.73. The van der Waals surface area contributed by atoms with Gasteiger partial charge in [0.2, 0.25) is 0 Å². The number of allylic oxidation sites excluding steroid dienone is 1. The second-order valence-corrected chi connectivity index (χ2v) is 16.0. The third kappa shape index (κ3) is 3.47. The van der Waals surface area contributed by atoms with E-state index in [1.54, 1.807) is 0 Å². The number of aliphatic hydroxyl groups is 1. The Balaban J connectivity index is 1.52. The Kier molecular flexibility index (Phi) is 6.25. The second-order valence-electron chi connectivity index (χ2n) is 16.0. The number of rotatable bonds is 4. The molecule has 0 saturated heterocycles. The van der Waals surface area contributed by atoms with Gasteiger partial charge in [-0.05, 0) is 155 Å². The maximum Gasteiger partial charge on any atom is 0.0594 e. The quantitative estimate of drug-likeness (QED) is 0.410. The lowest BCUT2D eigenvalue weighted by Crippen LogP contribution is -2.66. The molecule has 0 amide bonds. The zero-order valence-electron chi connectivity index (χ0n) is 24.6. The van der Waals surface area contributed by atoms with Crippen molar-refractivity contribution in [3.63, 3.8) is 0 Å². The number of nitrogens with zero attached hydrogens (tertiary/aromatic N) is 1. The standard InChI is InChI=1S/C33H57NO/c1-22(2)23-12-17-33(20-21-34(8)9)19-18-31(6)24(28(23)33)10-11-26-30(5)15-14-27(35)29(3,4)25(30)13-16-32(26,31)7/h23-28,35H,1,10-21H2,2-9H3/t23-,24+,25-,26+,27-,28+,30-,31+,32+,33+/m0/s1. The number of hydrogen-bond donors (Lipinski definition) is 1. The number of aliphatic hydroxyl groups excluding tert-OH is 1. The highest BCUT2D eigenvalue weighted by Gasteiger charge is 2.70. The fourth-order valence-corrected chi connectivity index (χ4v) is 12.1. The SMILES string of the molecule is C=C(C)[C@@H]1CC[C@]2(CCN(C)C)CC[C@]3(C)[C@H](CC[C@@H]4[C@@]5(C)CC[C@H](O)C(C)(C)[C@@H]5CC[C@]43C)[C@@H]12. The van der Waals surface area contributed by atoms with Gasteiger partial charge in [-0.2, -0.15) is 0 Å². The van der Waals surface area contributed by atoms with Crippen LogP contribution in [0.15, 0.2) is 12.2 Å². The first-order chi connectivity index (χ1) is 16.2. The van der Waals surface area contributed by atoms with Crippen molar-refractivity contribution in [2.24, 2.45) is 56.7 Å². The first-order valence-electron chi connectivity index (χ1n) is 15.2. The Morgan fingerprint density at radius 3 is 2.20 bits per heavy atom. The van der Waals surface area contributed by atoms with Gasteiger partial charge >= 0.3 is 0 Å². The average Bonchev–Trinajstić information content (AvgIpc) is 3.16. The van der Waals surface area contributed by atoms with Crippen molar-refractivity contribution in [1.29, 1.82) is 0 Å². The fourth-order valence-electron chi connectivity index (χ4n) is 12.1.